The maximum atomic E-state index is 13.2. The molecule has 0 spiro atoms. The van der Waals surface area contributed by atoms with Gasteiger partial charge in [-0.1, -0.05) is 98.8 Å². The quantitative estimate of drug-likeness (QED) is 0.213. The van der Waals surface area contributed by atoms with E-state index in [9.17, 15) is 9.59 Å². The molecule has 3 aliphatic heterocycles. The Kier molecular flexibility index (Phi) is 5.10. The zero-order valence-electron chi connectivity index (χ0n) is 23.0. The van der Waals surface area contributed by atoms with Crippen LogP contribution in [-0.4, -0.2) is 11.9 Å². The van der Waals surface area contributed by atoms with Crippen LogP contribution in [0.2, 0.25) is 0 Å². The Labute approximate surface area is 242 Å². The Morgan fingerprint density at radius 2 is 1.21 bits per heavy atom. The maximum absolute atomic E-state index is 13.2. The molecule has 0 aromatic heterocycles. The summed E-state index contributed by atoms with van der Waals surface area (Å²) in [6.07, 6.45) is 0. The number of carbonyl (C=O) groups excluding carboxylic acids is 2. The van der Waals surface area contributed by atoms with Gasteiger partial charge in [0.1, 0.15) is 11.1 Å². The molecule has 0 bridgehead atoms. The van der Waals surface area contributed by atoms with Gasteiger partial charge in [-0.25, -0.2) is 9.59 Å². The number of fused-ring (bicyclic) bond motifs is 5. The van der Waals surface area contributed by atoms with Gasteiger partial charge in [-0.05, 0) is 63.4 Å². The highest BCUT2D eigenvalue weighted by Gasteiger charge is 2.44. The van der Waals surface area contributed by atoms with E-state index < -0.39 is 11.9 Å². The van der Waals surface area contributed by atoms with Crippen LogP contribution in [0.5, 0.6) is 0 Å². The van der Waals surface area contributed by atoms with E-state index in [1.54, 1.807) is 12.1 Å². The van der Waals surface area contributed by atoms with E-state index in [0.717, 1.165) is 27.8 Å². The van der Waals surface area contributed by atoms with E-state index in [4.69, 9.17) is 9.47 Å². The Bertz CT molecular complexity index is 2040. The molecule has 5 heteroatoms. The van der Waals surface area contributed by atoms with Crippen molar-refractivity contribution in [1.29, 1.82) is 0 Å². The molecule has 202 valence electrons. The lowest BCUT2D eigenvalue weighted by Crippen LogP contribution is -2.30. The number of hydrogen-bond donors (Lipinski definition) is 0. The van der Waals surface area contributed by atoms with Gasteiger partial charge in [-0.15, -0.1) is 0 Å². The van der Waals surface area contributed by atoms with Crippen LogP contribution in [0.1, 0.15) is 36.1 Å². The summed E-state index contributed by atoms with van der Waals surface area (Å²) in [6, 6.07) is 38.3. The van der Waals surface area contributed by atoms with E-state index in [1.807, 2.05) is 36.4 Å². The summed E-state index contributed by atoms with van der Waals surface area (Å²) < 4.78 is 11.3. The fourth-order valence-corrected chi connectivity index (χ4v) is 6.63. The SMILES string of the molecule is CC1(C)c2ccccc2N(c2ccccc2)c2ccc3cc(C4=C5OC(=O)C(c6ccccc6)=C5OC4=O)ccc3c21. The molecule has 0 N–H and O–H groups in total. The maximum Gasteiger partial charge on any atom is 0.348 e. The summed E-state index contributed by atoms with van der Waals surface area (Å²) in [7, 11) is 0. The molecule has 0 saturated carbocycles. The number of rotatable bonds is 3. The van der Waals surface area contributed by atoms with E-state index in [2.05, 4.69) is 85.5 Å². The van der Waals surface area contributed by atoms with Crippen molar-refractivity contribution in [3.8, 4) is 0 Å². The first-order chi connectivity index (χ1) is 20.4. The molecule has 0 radical (unpaired) electrons. The van der Waals surface area contributed by atoms with Crippen LogP contribution in [0, 0.1) is 0 Å². The number of benzene rings is 5. The van der Waals surface area contributed by atoms with Crippen LogP contribution in [0.15, 0.2) is 127 Å². The van der Waals surface area contributed by atoms with E-state index >= 15 is 0 Å². The van der Waals surface area contributed by atoms with Gasteiger partial charge in [-0.3, -0.25) is 0 Å². The highest BCUT2D eigenvalue weighted by molar-refractivity contribution is 6.29. The van der Waals surface area contributed by atoms with Crippen LogP contribution in [0.25, 0.3) is 21.9 Å². The number of anilines is 3. The highest BCUT2D eigenvalue weighted by atomic mass is 16.6. The lowest BCUT2D eigenvalue weighted by molar-refractivity contribution is -0.131. The van der Waals surface area contributed by atoms with Gasteiger partial charge < -0.3 is 14.4 Å². The molecule has 0 aliphatic carbocycles. The number of para-hydroxylation sites is 2. The zero-order chi connectivity index (χ0) is 28.6. The topological polar surface area (TPSA) is 55.8 Å². The van der Waals surface area contributed by atoms with Crippen molar-refractivity contribution in [3.63, 3.8) is 0 Å². The summed E-state index contributed by atoms with van der Waals surface area (Å²) in [5.74, 6) is -0.672. The minimum atomic E-state index is -0.525. The molecule has 0 amide bonds. The van der Waals surface area contributed by atoms with Crippen LogP contribution >= 0.6 is 0 Å². The number of ether oxygens (including phenoxy) is 2. The molecule has 0 saturated heterocycles. The fraction of sp³-hybridized carbons (Fsp3) is 0.0811. The van der Waals surface area contributed by atoms with Crippen LogP contribution in [-0.2, 0) is 24.5 Å². The minimum absolute atomic E-state index is 0.186. The molecule has 0 atom stereocenters. The van der Waals surface area contributed by atoms with Crippen molar-refractivity contribution in [1.82, 2.24) is 0 Å². The van der Waals surface area contributed by atoms with Crippen LogP contribution in [0.3, 0.4) is 0 Å². The number of esters is 2. The third-order valence-electron chi connectivity index (χ3n) is 8.51. The third kappa shape index (κ3) is 3.37. The van der Waals surface area contributed by atoms with Gasteiger partial charge in [0, 0.05) is 11.1 Å². The average Bonchev–Trinajstić information content (AvgIpc) is 3.49. The molecule has 5 nitrogen and oxygen atoms in total. The summed E-state index contributed by atoms with van der Waals surface area (Å²) in [6.45, 7) is 4.53. The molecular weight excluding hydrogens is 522 g/mol. The van der Waals surface area contributed by atoms with Crippen molar-refractivity contribution in [3.05, 3.63) is 149 Å². The molecule has 5 aromatic carbocycles. The monoisotopic (exact) mass is 547 g/mol. The van der Waals surface area contributed by atoms with Crippen molar-refractivity contribution in [2.75, 3.05) is 4.90 Å². The lowest BCUT2D eigenvalue weighted by Gasteiger charge is -2.42. The Balaban J connectivity index is 1.31. The molecule has 0 fully saturated rings. The standard InChI is InChI=1S/C37H25NO4/c1-37(2)27-15-9-10-16-28(27)38(25-13-7-4-8-14-25)29-20-18-23-21-24(17-19-26(23)32(29)37)31-34-33(41-36(31)40)30(35(39)42-34)22-11-5-3-6-12-22/h3-21H,1-2H3. The van der Waals surface area contributed by atoms with Gasteiger partial charge in [0.25, 0.3) is 0 Å². The zero-order valence-corrected chi connectivity index (χ0v) is 23.0. The summed E-state index contributed by atoms with van der Waals surface area (Å²) in [4.78, 5) is 28.3. The number of carbonyl (C=O) groups is 2. The Hall–Kier alpha value is -5.42. The predicted molar refractivity (Wildman–Crippen MR) is 163 cm³/mol. The van der Waals surface area contributed by atoms with E-state index in [1.165, 1.54) is 11.1 Å². The predicted octanol–water partition coefficient (Wildman–Crippen LogP) is 8.18. The summed E-state index contributed by atoms with van der Waals surface area (Å²) >= 11 is 0. The second kappa shape index (κ2) is 8.79. The number of hydrogen-bond acceptors (Lipinski definition) is 5. The van der Waals surface area contributed by atoms with E-state index in [0.29, 0.717) is 11.1 Å². The van der Waals surface area contributed by atoms with Gasteiger partial charge in [0.2, 0.25) is 0 Å². The van der Waals surface area contributed by atoms with Gasteiger partial charge >= 0.3 is 11.9 Å². The molecular formula is C37H25NO4. The number of nitrogens with zero attached hydrogens (tertiary/aromatic N) is 1. The van der Waals surface area contributed by atoms with E-state index in [-0.39, 0.29) is 28.1 Å². The van der Waals surface area contributed by atoms with Gasteiger partial charge in [0.05, 0.1) is 11.4 Å². The van der Waals surface area contributed by atoms with Crippen LogP contribution < -0.4 is 4.90 Å². The highest BCUT2D eigenvalue weighted by Crippen LogP contribution is 2.54. The Morgan fingerprint density at radius 1 is 0.595 bits per heavy atom. The van der Waals surface area contributed by atoms with Crippen molar-refractivity contribution in [2.45, 2.75) is 19.3 Å². The second-order valence-electron chi connectivity index (χ2n) is 11.3. The lowest BCUT2D eigenvalue weighted by atomic mass is 9.71. The first kappa shape index (κ1) is 24.4. The normalized spacial score (nSPS) is 16.8. The van der Waals surface area contributed by atoms with Crippen molar-refractivity contribution in [2.24, 2.45) is 0 Å². The molecule has 3 aliphatic rings. The summed E-state index contributed by atoms with van der Waals surface area (Å²) in [5.41, 5.74) is 7.37. The molecule has 3 heterocycles. The third-order valence-corrected chi connectivity index (χ3v) is 8.51. The first-order valence-corrected chi connectivity index (χ1v) is 13.9. The molecule has 8 rings (SSSR count). The van der Waals surface area contributed by atoms with Crippen LogP contribution in [0.4, 0.5) is 17.1 Å². The minimum Gasteiger partial charge on any atom is -0.418 e. The Morgan fingerprint density at radius 3 is 1.93 bits per heavy atom. The average molecular weight is 548 g/mol. The smallest absolute Gasteiger partial charge is 0.348 e. The van der Waals surface area contributed by atoms with Crippen molar-refractivity contribution < 1.29 is 19.1 Å². The first-order valence-electron chi connectivity index (χ1n) is 13.9. The molecule has 42 heavy (non-hydrogen) atoms. The largest absolute Gasteiger partial charge is 0.418 e. The molecule has 0 unspecified atom stereocenters. The van der Waals surface area contributed by atoms with Gasteiger partial charge in [0.15, 0.2) is 11.5 Å². The fourth-order valence-electron chi connectivity index (χ4n) is 6.63. The van der Waals surface area contributed by atoms with Gasteiger partial charge in [-0.2, -0.15) is 0 Å². The summed E-state index contributed by atoms with van der Waals surface area (Å²) in [5, 5.41) is 2.08. The van der Waals surface area contributed by atoms with Crippen molar-refractivity contribution >= 4 is 50.9 Å². The molecule has 5 aromatic rings. The second-order valence-corrected chi connectivity index (χ2v) is 11.3.